The number of aliphatic hydroxyl groups excluding tert-OH is 1. The zero-order valence-corrected chi connectivity index (χ0v) is 14.1. The standard InChI is InChI=1S/C18H28N2O2/c1-6-13(4)7-8-14(5)20-17(21)11-15(18(20)22)9-10-16(19)12(2)3/h6,9-10,12,17,21H,5,7-8,11,19H2,1-4H3/b13-6-,15-9+,16-10+. The van der Waals surface area contributed by atoms with Crippen LogP contribution in [0, 0.1) is 5.92 Å². The molecule has 0 aromatic heterocycles. The van der Waals surface area contributed by atoms with Crippen LogP contribution in [0.25, 0.3) is 0 Å². The van der Waals surface area contributed by atoms with Crippen molar-refractivity contribution >= 4 is 5.91 Å². The Morgan fingerprint density at radius 3 is 2.68 bits per heavy atom. The van der Waals surface area contributed by atoms with E-state index in [-0.39, 0.29) is 11.8 Å². The second-order valence-electron chi connectivity index (χ2n) is 6.07. The van der Waals surface area contributed by atoms with Crippen molar-refractivity contribution in [2.45, 2.75) is 53.2 Å². The molecule has 4 heteroatoms. The van der Waals surface area contributed by atoms with E-state index >= 15 is 0 Å². The first kappa shape index (κ1) is 18.2. The predicted molar refractivity (Wildman–Crippen MR) is 90.5 cm³/mol. The molecule has 1 rings (SSSR count). The number of carbonyl (C=O) groups is 1. The molecule has 0 bridgehead atoms. The topological polar surface area (TPSA) is 66.6 Å². The molecule has 1 unspecified atom stereocenters. The van der Waals surface area contributed by atoms with Gasteiger partial charge in [0.15, 0.2) is 0 Å². The molecule has 1 heterocycles. The van der Waals surface area contributed by atoms with Crippen molar-refractivity contribution in [1.82, 2.24) is 4.90 Å². The van der Waals surface area contributed by atoms with Crippen molar-refractivity contribution in [2.75, 3.05) is 0 Å². The minimum atomic E-state index is -0.828. The second kappa shape index (κ2) is 7.99. The lowest BCUT2D eigenvalue weighted by atomic mass is 10.1. The molecule has 22 heavy (non-hydrogen) atoms. The molecule has 4 nitrogen and oxygen atoms in total. The quantitative estimate of drug-likeness (QED) is 0.585. The Balaban J connectivity index is 2.80. The van der Waals surface area contributed by atoms with E-state index in [4.69, 9.17) is 5.73 Å². The van der Waals surface area contributed by atoms with Crippen LogP contribution in [0.1, 0.15) is 47.0 Å². The molecular formula is C18H28N2O2. The molecule has 0 aromatic rings. The average molecular weight is 304 g/mol. The molecule has 1 saturated heterocycles. The molecule has 0 aromatic carbocycles. The molecule has 1 aliphatic rings. The fraction of sp³-hybridized carbons (Fsp3) is 0.500. The van der Waals surface area contributed by atoms with Gasteiger partial charge in [-0.05, 0) is 38.7 Å². The van der Waals surface area contributed by atoms with Gasteiger partial charge in [-0.3, -0.25) is 9.69 Å². The maximum absolute atomic E-state index is 12.4. The number of carbonyl (C=O) groups excluding carboxylic acids is 1. The number of allylic oxidation sites excluding steroid dienone is 6. The van der Waals surface area contributed by atoms with Crippen LogP contribution in [0.15, 0.2) is 47.3 Å². The molecule has 1 amide bonds. The Morgan fingerprint density at radius 1 is 1.50 bits per heavy atom. The monoisotopic (exact) mass is 304 g/mol. The van der Waals surface area contributed by atoms with Gasteiger partial charge < -0.3 is 10.8 Å². The molecule has 1 atom stereocenters. The highest BCUT2D eigenvalue weighted by Gasteiger charge is 2.34. The maximum atomic E-state index is 12.4. The van der Waals surface area contributed by atoms with Gasteiger partial charge in [0.1, 0.15) is 6.23 Å². The number of hydrogen-bond acceptors (Lipinski definition) is 3. The summed E-state index contributed by atoms with van der Waals surface area (Å²) in [5.41, 5.74) is 9.06. The van der Waals surface area contributed by atoms with Crippen LogP contribution in [0.5, 0.6) is 0 Å². The summed E-state index contributed by atoms with van der Waals surface area (Å²) in [7, 11) is 0. The minimum Gasteiger partial charge on any atom is -0.402 e. The van der Waals surface area contributed by atoms with Crippen molar-refractivity contribution in [3.8, 4) is 0 Å². The molecule has 0 radical (unpaired) electrons. The summed E-state index contributed by atoms with van der Waals surface area (Å²) in [4.78, 5) is 13.8. The first-order valence-electron chi connectivity index (χ1n) is 7.75. The van der Waals surface area contributed by atoms with Gasteiger partial charge in [0.2, 0.25) is 0 Å². The molecule has 0 saturated carbocycles. The van der Waals surface area contributed by atoms with Gasteiger partial charge in [-0.25, -0.2) is 0 Å². The van der Waals surface area contributed by atoms with Crippen molar-refractivity contribution in [3.63, 3.8) is 0 Å². The maximum Gasteiger partial charge on any atom is 0.256 e. The number of amides is 1. The number of likely N-dealkylation sites (tertiary alicyclic amines) is 1. The minimum absolute atomic E-state index is 0.177. The van der Waals surface area contributed by atoms with E-state index in [1.807, 2.05) is 33.8 Å². The third-order valence-electron chi connectivity index (χ3n) is 3.98. The lowest BCUT2D eigenvalue weighted by Gasteiger charge is -2.22. The zero-order chi connectivity index (χ0) is 16.9. The largest absolute Gasteiger partial charge is 0.402 e. The van der Waals surface area contributed by atoms with Crippen molar-refractivity contribution < 1.29 is 9.90 Å². The van der Waals surface area contributed by atoms with Gasteiger partial charge in [-0.2, -0.15) is 0 Å². The summed E-state index contributed by atoms with van der Waals surface area (Å²) in [5.74, 6) is 0.0524. The normalized spacial score (nSPS) is 22.1. The van der Waals surface area contributed by atoms with Gasteiger partial charge >= 0.3 is 0 Å². The highest BCUT2D eigenvalue weighted by atomic mass is 16.3. The third kappa shape index (κ3) is 4.60. The van der Waals surface area contributed by atoms with E-state index in [2.05, 4.69) is 6.58 Å². The number of rotatable bonds is 6. The highest BCUT2D eigenvalue weighted by molar-refractivity contribution is 5.97. The van der Waals surface area contributed by atoms with Gasteiger partial charge in [-0.1, -0.05) is 38.2 Å². The van der Waals surface area contributed by atoms with Gasteiger partial charge in [-0.15, -0.1) is 0 Å². The number of nitrogens with zero attached hydrogens (tertiary/aromatic N) is 1. The summed E-state index contributed by atoms with van der Waals surface area (Å²) in [5, 5.41) is 10.1. The SMILES string of the molecule is C=C(CC/C(C)=C\C)N1C(=O)/C(=C/C=C(/N)C(C)C)CC1O. The smallest absolute Gasteiger partial charge is 0.256 e. The second-order valence-corrected chi connectivity index (χ2v) is 6.07. The van der Waals surface area contributed by atoms with Crippen LogP contribution in [0.3, 0.4) is 0 Å². The average Bonchev–Trinajstić information content (AvgIpc) is 2.76. The number of nitrogens with two attached hydrogens (primary N) is 1. The first-order chi connectivity index (χ1) is 10.3. The molecule has 0 spiro atoms. The van der Waals surface area contributed by atoms with Gasteiger partial charge in [0.05, 0.1) is 0 Å². The van der Waals surface area contributed by atoms with E-state index in [1.54, 1.807) is 12.2 Å². The Hall–Kier alpha value is -1.81. The summed E-state index contributed by atoms with van der Waals surface area (Å²) >= 11 is 0. The third-order valence-corrected chi connectivity index (χ3v) is 3.98. The molecule has 0 aliphatic carbocycles. The zero-order valence-electron chi connectivity index (χ0n) is 14.1. The Bertz CT molecular complexity index is 527. The summed E-state index contributed by atoms with van der Waals surface area (Å²) in [6, 6.07) is 0. The fourth-order valence-electron chi connectivity index (χ4n) is 2.15. The predicted octanol–water partition coefficient (Wildman–Crippen LogP) is 3.22. The summed E-state index contributed by atoms with van der Waals surface area (Å²) < 4.78 is 0. The van der Waals surface area contributed by atoms with Crippen LogP contribution >= 0.6 is 0 Å². The van der Waals surface area contributed by atoms with Gasteiger partial charge in [0, 0.05) is 23.4 Å². The molecule has 1 aliphatic heterocycles. The molecule has 1 fully saturated rings. The summed E-state index contributed by atoms with van der Waals surface area (Å²) in [6.45, 7) is 12.0. The number of hydrogen-bond donors (Lipinski definition) is 2. The van der Waals surface area contributed by atoms with E-state index < -0.39 is 6.23 Å². The molecule has 3 N–H and O–H groups in total. The molecular weight excluding hydrogens is 276 g/mol. The Labute approximate surface area is 133 Å². The first-order valence-corrected chi connectivity index (χ1v) is 7.75. The van der Waals surface area contributed by atoms with Crippen LogP contribution in [-0.2, 0) is 4.79 Å². The Kier molecular flexibility index (Phi) is 6.62. The fourth-order valence-corrected chi connectivity index (χ4v) is 2.15. The Morgan fingerprint density at radius 2 is 2.14 bits per heavy atom. The lowest BCUT2D eigenvalue weighted by Crippen LogP contribution is -2.31. The van der Waals surface area contributed by atoms with Crippen molar-refractivity contribution in [3.05, 3.63) is 47.3 Å². The van der Waals surface area contributed by atoms with Crippen LogP contribution < -0.4 is 5.73 Å². The molecule has 122 valence electrons. The van der Waals surface area contributed by atoms with Crippen LogP contribution in [0.4, 0.5) is 0 Å². The highest BCUT2D eigenvalue weighted by Crippen LogP contribution is 2.28. The van der Waals surface area contributed by atoms with E-state index in [0.717, 1.165) is 12.1 Å². The van der Waals surface area contributed by atoms with E-state index in [1.165, 1.54) is 10.5 Å². The van der Waals surface area contributed by atoms with Crippen LogP contribution in [-0.4, -0.2) is 22.1 Å². The van der Waals surface area contributed by atoms with Crippen molar-refractivity contribution in [2.24, 2.45) is 11.7 Å². The van der Waals surface area contributed by atoms with Crippen molar-refractivity contribution in [1.29, 1.82) is 0 Å². The van der Waals surface area contributed by atoms with E-state index in [9.17, 15) is 9.90 Å². The number of aliphatic hydroxyl groups is 1. The summed E-state index contributed by atoms with van der Waals surface area (Å²) in [6.07, 6.45) is 6.49. The van der Waals surface area contributed by atoms with Gasteiger partial charge in [0.25, 0.3) is 5.91 Å². The lowest BCUT2D eigenvalue weighted by molar-refractivity contribution is -0.128. The van der Waals surface area contributed by atoms with Crippen LogP contribution in [0.2, 0.25) is 0 Å². The van der Waals surface area contributed by atoms with E-state index in [0.29, 0.717) is 24.1 Å².